The van der Waals surface area contributed by atoms with Crippen LogP contribution in [0.25, 0.3) is 0 Å². The summed E-state index contributed by atoms with van der Waals surface area (Å²) in [5, 5.41) is 18.8. The molecule has 0 saturated heterocycles. The first-order valence-electron chi connectivity index (χ1n) is 5.61. The van der Waals surface area contributed by atoms with Gasteiger partial charge < -0.3 is 10.2 Å². The summed E-state index contributed by atoms with van der Waals surface area (Å²) in [6.45, 7) is 0.412. The molecule has 1 aromatic rings. The molecule has 0 bridgehead atoms. The van der Waals surface area contributed by atoms with Crippen LogP contribution in [0.4, 0.5) is 30.7 Å². The molecule has 0 amide bonds. The molecule has 2 N–H and O–H groups in total. The van der Waals surface area contributed by atoms with Gasteiger partial charge in [0.1, 0.15) is 5.82 Å². The Morgan fingerprint density at radius 2 is 1.29 bits per heavy atom. The van der Waals surface area contributed by atoms with Crippen molar-refractivity contribution in [3.8, 4) is 0 Å². The van der Waals surface area contributed by atoms with E-state index in [1.807, 2.05) is 0 Å². The number of benzene rings is 1. The van der Waals surface area contributed by atoms with Crippen LogP contribution >= 0.6 is 0 Å². The lowest BCUT2D eigenvalue weighted by atomic mass is 9.81. The van der Waals surface area contributed by atoms with Crippen LogP contribution in [0.2, 0.25) is 0 Å². The lowest BCUT2D eigenvalue weighted by molar-refractivity contribution is -0.389. The SMILES string of the molecule is CC(C(O)c1ccc(F)cc1)C(O)(C(F)(F)F)C(F)(F)F. The van der Waals surface area contributed by atoms with E-state index in [1.54, 1.807) is 0 Å². The lowest BCUT2D eigenvalue weighted by Crippen LogP contribution is -2.62. The molecule has 2 atom stereocenters. The Balaban J connectivity index is 3.24. The summed E-state index contributed by atoms with van der Waals surface area (Å²) in [6.07, 6.45) is -14.4. The predicted octanol–water partition coefficient (Wildman–Crippen LogP) is 3.35. The van der Waals surface area contributed by atoms with Crippen molar-refractivity contribution in [1.29, 1.82) is 0 Å². The lowest BCUT2D eigenvalue weighted by Gasteiger charge is -2.39. The first-order valence-corrected chi connectivity index (χ1v) is 5.61. The number of halogens is 7. The Morgan fingerprint density at radius 1 is 0.905 bits per heavy atom. The Bertz CT molecular complexity index is 464. The van der Waals surface area contributed by atoms with Gasteiger partial charge in [-0.15, -0.1) is 0 Å². The zero-order valence-electron chi connectivity index (χ0n) is 10.5. The zero-order valence-corrected chi connectivity index (χ0v) is 10.5. The van der Waals surface area contributed by atoms with E-state index >= 15 is 0 Å². The van der Waals surface area contributed by atoms with Crippen molar-refractivity contribution < 1.29 is 40.9 Å². The zero-order chi connectivity index (χ0) is 16.6. The third-order valence-electron chi connectivity index (χ3n) is 3.21. The van der Waals surface area contributed by atoms with Gasteiger partial charge in [0.2, 0.25) is 0 Å². The molecular formula is C12H11F7O2. The van der Waals surface area contributed by atoms with Crippen LogP contribution in [-0.4, -0.2) is 28.2 Å². The maximum Gasteiger partial charge on any atom is 0.426 e. The van der Waals surface area contributed by atoms with Crippen LogP contribution in [0.1, 0.15) is 18.6 Å². The van der Waals surface area contributed by atoms with E-state index in [2.05, 4.69) is 0 Å². The van der Waals surface area contributed by atoms with E-state index in [0.29, 0.717) is 6.92 Å². The molecule has 2 nitrogen and oxygen atoms in total. The molecule has 0 aliphatic heterocycles. The van der Waals surface area contributed by atoms with Gasteiger partial charge in [0.15, 0.2) is 0 Å². The average molecular weight is 320 g/mol. The fourth-order valence-electron chi connectivity index (χ4n) is 1.85. The molecule has 0 aromatic heterocycles. The van der Waals surface area contributed by atoms with Gasteiger partial charge >= 0.3 is 12.4 Å². The molecule has 0 saturated carbocycles. The van der Waals surface area contributed by atoms with Crippen LogP contribution in [-0.2, 0) is 0 Å². The van der Waals surface area contributed by atoms with Gasteiger partial charge in [0.25, 0.3) is 5.60 Å². The number of hydrogen-bond acceptors (Lipinski definition) is 2. The maximum absolute atomic E-state index is 12.7. The highest BCUT2D eigenvalue weighted by Crippen LogP contribution is 2.50. The number of rotatable bonds is 3. The molecule has 0 fully saturated rings. The summed E-state index contributed by atoms with van der Waals surface area (Å²) in [5.41, 5.74) is -5.47. The van der Waals surface area contributed by atoms with Crippen molar-refractivity contribution in [2.45, 2.75) is 31.0 Å². The minimum Gasteiger partial charge on any atom is -0.388 e. The van der Waals surface area contributed by atoms with Crippen molar-refractivity contribution in [1.82, 2.24) is 0 Å². The van der Waals surface area contributed by atoms with Gasteiger partial charge in [-0.1, -0.05) is 19.1 Å². The van der Waals surface area contributed by atoms with E-state index in [-0.39, 0.29) is 5.56 Å². The molecule has 0 aliphatic carbocycles. The van der Waals surface area contributed by atoms with Gasteiger partial charge in [0.05, 0.1) is 6.10 Å². The summed E-state index contributed by atoms with van der Waals surface area (Å²) < 4.78 is 88.6. The largest absolute Gasteiger partial charge is 0.426 e. The molecule has 1 aromatic carbocycles. The van der Waals surface area contributed by atoms with Crippen LogP contribution in [0, 0.1) is 11.7 Å². The van der Waals surface area contributed by atoms with Crippen LogP contribution in [0.5, 0.6) is 0 Å². The molecule has 21 heavy (non-hydrogen) atoms. The number of hydrogen-bond donors (Lipinski definition) is 2. The van der Waals surface area contributed by atoms with Crippen molar-refractivity contribution in [3.63, 3.8) is 0 Å². The van der Waals surface area contributed by atoms with Gasteiger partial charge in [-0.3, -0.25) is 0 Å². The fraction of sp³-hybridized carbons (Fsp3) is 0.500. The second-order valence-corrected chi connectivity index (χ2v) is 4.55. The second-order valence-electron chi connectivity index (χ2n) is 4.55. The third-order valence-corrected chi connectivity index (χ3v) is 3.21. The topological polar surface area (TPSA) is 40.5 Å². The molecule has 9 heteroatoms. The van der Waals surface area contributed by atoms with Crippen molar-refractivity contribution in [2.24, 2.45) is 5.92 Å². The number of alkyl halides is 6. The highest BCUT2D eigenvalue weighted by molar-refractivity contribution is 5.20. The van der Waals surface area contributed by atoms with Crippen LogP contribution < -0.4 is 0 Å². The quantitative estimate of drug-likeness (QED) is 0.839. The monoisotopic (exact) mass is 320 g/mol. The Morgan fingerprint density at radius 3 is 1.62 bits per heavy atom. The minimum atomic E-state index is -6.04. The van der Waals surface area contributed by atoms with Crippen LogP contribution in [0.3, 0.4) is 0 Å². The average Bonchev–Trinajstić information content (AvgIpc) is 2.34. The summed E-state index contributed by atoms with van der Waals surface area (Å²) in [4.78, 5) is 0. The van der Waals surface area contributed by atoms with Crippen LogP contribution in [0.15, 0.2) is 24.3 Å². The van der Waals surface area contributed by atoms with E-state index < -0.39 is 35.8 Å². The standard InChI is InChI=1S/C12H11F7O2/c1-6(9(20)7-2-4-8(13)5-3-7)10(21,11(14,15)16)12(17,18)19/h2-6,9,20-21H,1H3. The maximum atomic E-state index is 12.7. The third kappa shape index (κ3) is 3.13. The van der Waals surface area contributed by atoms with E-state index in [0.717, 1.165) is 24.3 Å². The summed E-state index contributed by atoms with van der Waals surface area (Å²) >= 11 is 0. The molecule has 2 unspecified atom stereocenters. The van der Waals surface area contributed by atoms with Gasteiger partial charge in [-0.05, 0) is 17.7 Å². The first-order chi connectivity index (χ1) is 9.32. The molecule has 0 spiro atoms. The molecule has 0 aliphatic rings. The minimum absolute atomic E-state index is 0.379. The highest BCUT2D eigenvalue weighted by Gasteiger charge is 2.73. The Kier molecular flexibility index (Phi) is 4.59. The van der Waals surface area contributed by atoms with E-state index in [4.69, 9.17) is 5.11 Å². The van der Waals surface area contributed by atoms with Gasteiger partial charge in [0, 0.05) is 5.92 Å². The smallest absolute Gasteiger partial charge is 0.388 e. The normalized spacial score (nSPS) is 16.7. The second kappa shape index (κ2) is 5.45. The van der Waals surface area contributed by atoms with Gasteiger partial charge in [-0.2, -0.15) is 26.3 Å². The van der Waals surface area contributed by atoms with E-state index in [9.17, 15) is 35.8 Å². The molecule has 120 valence electrons. The molecule has 0 heterocycles. The fourth-order valence-corrected chi connectivity index (χ4v) is 1.85. The molecule has 0 radical (unpaired) electrons. The van der Waals surface area contributed by atoms with E-state index in [1.165, 1.54) is 0 Å². The summed E-state index contributed by atoms with van der Waals surface area (Å²) in [6, 6.07) is 3.21. The molecular weight excluding hydrogens is 309 g/mol. The summed E-state index contributed by atoms with van der Waals surface area (Å²) in [5.74, 6) is -3.43. The van der Waals surface area contributed by atoms with Crippen molar-refractivity contribution >= 4 is 0 Å². The van der Waals surface area contributed by atoms with Crippen molar-refractivity contribution in [2.75, 3.05) is 0 Å². The predicted molar refractivity (Wildman–Crippen MR) is 57.6 cm³/mol. The Hall–Kier alpha value is -1.35. The number of aliphatic hydroxyl groups is 2. The van der Waals surface area contributed by atoms with Gasteiger partial charge in [-0.25, -0.2) is 4.39 Å². The van der Waals surface area contributed by atoms with Crippen molar-refractivity contribution in [3.05, 3.63) is 35.6 Å². The summed E-state index contributed by atoms with van der Waals surface area (Å²) in [7, 11) is 0. The first kappa shape index (κ1) is 17.7. The number of aliphatic hydroxyl groups excluding tert-OH is 1. The Labute approximate surface area is 114 Å². The highest BCUT2D eigenvalue weighted by atomic mass is 19.4. The molecule has 1 rings (SSSR count).